The summed E-state index contributed by atoms with van der Waals surface area (Å²) < 4.78 is 0. The maximum atomic E-state index is 12.6. The van der Waals surface area contributed by atoms with E-state index in [0.29, 0.717) is 11.7 Å². The number of nitrogens with one attached hydrogen (secondary N) is 1. The van der Waals surface area contributed by atoms with Gasteiger partial charge in [-0.25, -0.2) is 0 Å². The van der Waals surface area contributed by atoms with E-state index in [1.807, 2.05) is 0 Å². The molecule has 0 aliphatic heterocycles. The fourth-order valence-electron chi connectivity index (χ4n) is 5.03. The zero-order valence-electron chi connectivity index (χ0n) is 14.1. The second-order valence-electron chi connectivity index (χ2n) is 8.10. The quantitative estimate of drug-likeness (QED) is 0.860. The molecular formula is C19H31NO2. The zero-order chi connectivity index (χ0) is 15.7. The largest absolute Gasteiger partial charge is 0.353 e. The smallest absolute Gasteiger partial charge is 0.223 e. The fraction of sp³-hybridized carbons (Fsp3) is 0.895. The monoisotopic (exact) mass is 305 g/mol. The van der Waals surface area contributed by atoms with Crippen LogP contribution in [0.4, 0.5) is 0 Å². The van der Waals surface area contributed by atoms with Crippen LogP contribution >= 0.6 is 0 Å². The van der Waals surface area contributed by atoms with Crippen molar-refractivity contribution in [1.29, 1.82) is 0 Å². The first-order valence-electron chi connectivity index (χ1n) is 9.40. The zero-order valence-corrected chi connectivity index (χ0v) is 14.1. The lowest BCUT2D eigenvalue weighted by Crippen LogP contribution is -2.45. The minimum absolute atomic E-state index is 0.0798. The average molecular weight is 305 g/mol. The maximum Gasteiger partial charge on any atom is 0.223 e. The molecule has 0 aromatic heterocycles. The van der Waals surface area contributed by atoms with E-state index in [2.05, 4.69) is 19.2 Å². The predicted octanol–water partition coefficient (Wildman–Crippen LogP) is 3.71. The summed E-state index contributed by atoms with van der Waals surface area (Å²) in [5, 5.41) is 3.28. The van der Waals surface area contributed by atoms with E-state index in [1.165, 1.54) is 32.1 Å². The van der Waals surface area contributed by atoms with Crippen molar-refractivity contribution in [3.8, 4) is 0 Å². The molecule has 3 saturated carbocycles. The SMILES string of the molecule is C[C@H](C1CCCCC1)[C@@H](C)NC(=O)C1C[C@H]2CC[C@@H](C1)C2=O. The first kappa shape index (κ1) is 16.0. The highest BCUT2D eigenvalue weighted by atomic mass is 16.2. The summed E-state index contributed by atoms with van der Waals surface area (Å²) >= 11 is 0. The van der Waals surface area contributed by atoms with Crippen molar-refractivity contribution in [2.24, 2.45) is 29.6 Å². The molecule has 0 saturated heterocycles. The summed E-state index contributed by atoms with van der Waals surface area (Å²) in [6.45, 7) is 4.47. The van der Waals surface area contributed by atoms with Crippen molar-refractivity contribution in [3.63, 3.8) is 0 Å². The lowest BCUT2D eigenvalue weighted by Gasteiger charge is -2.33. The van der Waals surface area contributed by atoms with Crippen LogP contribution in [-0.4, -0.2) is 17.7 Å². The lowest BCUT2D eigenvalue weighted by atomic mass is 9.77. The lowest BCUT2D eigenvalue weighted by molar-refractivity contribution is -0.132. The molecule has 3 fully saturated rings. The van der Waals surface area contributed by atoms with E-state index in [1.54, 1.807) is 0 Å². The second kappa shape index (κ2) is 6.72. The average Bonchev–Trinajstić information content (AvgIpc) is 2.76. The summed E-state index contributed by atoms with van der Waals surface area (Å²) in [7, 11) is 0. The number of amides is 1. The summed E-state index contributed by atoms with van der Waals surface area (Å²) in [6, 6.07) is 0.255. The molecule has 0 aromatic rings. The molecule has 124 valence electrons. The van der Waals surface area contributed by atoms with Crippen LogP contribution in [0.1, 0.15) is 71.6 Å². The van der Waals surface area contributed by atoms with Crippen molar-refractivity contribution < 1.29 is 9.59 Å². The highest BCUT2D eigenvalue weighted by molar-refractivity contribution is 5.89. The molecule has 5 atom stereocenters. The summed E-state index contributed by atoms with van der Waals surface area (Å²) in [6.07, 6.45) is 10.4. The van der Waals surface area contributed by atoms with Crippen LogP contribution < -0.4 is 5.32 Å². The first-order chi connectivity index (χ1) is 10.6. The number of hydrogen-bond donors (Lipinski definition) is 1. The van der Waals surface area contributed by atoms with Gasteiger partial charge in [0.1, 0.15) is 5.78 Å². The van der Waals surface area contributed by atoms with Gasteiger partial charge in [0.05, 0.1) is 0 Å². The molecule has 0 spiro atoms. The molecule has 3 aliphatic carbocycles. The van der Waals surface area contributed by atoms with Crippen molar-refractivity contribution in [2.75, 3.05) is 0 Å². The van der Waals surface area contributed by atoms with Crippen LogP contribution in [0.15, 0.2) is 0 Å². The van der Waals surface area contributed by atoms with Gasteiger partial charge < -0.3 is 5.32 Å². The Hall–Kier alpha value is -0.860. The minimum atomic E-state index is 0.0798. The van der Waals surface area contributed by atoms with Crippen LogP contribution in [0.3, 0.4) is 0 Å². The molecule has 2 bridgehead atoms. The molecule has 3 heteroatoms. The fourth-order valence-corrected chi connectivity index (χ4v) is 5.03. The second-order valence-corrected chi connectivity index (χ2v) is 8.10. The summed E-state index contributed by atoms with van der Waals surface area (Å²) in [5.74, 6) is 2.42. The van der Waals surface area contributed by atoms with Gasteiger partial charge in [0, 0.05) is 23.8 Å². The number of fused-ring (bicyclic) bond motifs is 2. The van der Waals surface area contributed by atoms with E-state index >= 15 is 0 Å². The molecule has 3 rings (SSSR count). The number of carbonyl (C=O) groups excluding carboxylic acids is 2. The van der Waals surface area contributed by atoms with Gasteiger partial charge in [-0.15, -0.1) is 0 Å². The third-order valence-electron chi connectivity index (χ3n) is 6.73. The Balaban J connectivity index is 1.51. The maximum absolute atomic E-state index is 12.6. The van der Waals surface area contributed by atoms with Gasteiger partial charge in [0.25, 0.3) is 0 Å². The van der Waals surface area contributed by atoms with Gasteiger partial charge in [0.2, 0.25) is 5.91 Å². The number of hydrogen-bond acceptors (Lipinski definition) is 2. The Bertz CT molecular complexity index is 411. The number of Topliss-reactive ketones (excluding diaryl/α,β-unsaturated/α-hetero) is 1. The van der Waals surface area contributed by atoms with Crippen molar-refractivity contribution >= 4 is 11.7 Å². The molecule has 1 unspecified atom stereocenters. The van der Waals surface area contributed by atoms with Gasteiger partial charge in [-0.05, 0) is 44.4 Å². The van der Waals surface area contributed by atoms with Crippen LogP contribution in [0.25, 0.3) is 0 Å². The summed E-state index contributed by atoms with van der Waals surface area (Å²) in [5.41, 5.74) is 0. The molecule has 22 heavy (non-hydrogen) atoms. The third kappa shape index (κ3) is 3.23. The molecule has 0 radical (unpaired) electrons. The number of ketones is 1. The normalized spacial score (nSPS) is 35.2. The van der Waals surface area contributed by atoms with E-state index in [4.69, 9.17) is 0 Å². The Kier molecular flexibility index (Phi) is 4.89. The van der Waals surface area contributed by atoms with Crippen molar-refractivity contribution in [3.05, 3.63) is 0 Å². The minimum Gasteiger partial charge on any atom is -0.353 e. The number of carbonyl (C=O) groups is 2. The van der Waals surface area contributed by atoms with Gasteiger partial charge >= 0.3 is 0 Å². The molecule has 3 nitrogen and oxygen atoms in total. The Morgan fingerprint density at radius 1 is 1.00 bits per heavy atom. The molecule has 0 aromatic carbocycles. The van der Waals surface area contributed by atoms with Crippen molar-refractivity contribution in [1.82, 2.24) is 5.32 Å². The van der Waals surface area contributed by atoms with E-state index in [0.717, 1.165) is 31.6 Å². The van der Waals surface area contributed by atoms with Gasteiger partial charge in [-0.1, -0.05) is 39.0 Å². The van der Waals surface area contributed by atoms with Crippen LogP contribution in [0.2, 0.25) is 0 Å². The van der Waals surface area contributed by atoms with E-state index < -0.39 is 0 Å². The van der Waals surface area contributed by atoms with Gasteiger partial charge in [0.15, 0.2) is 0 Å². The predicted molar refractivity (Wildman–Crippen MR) is 87.3 cm³/mol. The molecule has 1 amide bonds. The first-order valence-corrected chi connectivity index (χ1v) is 9.40. The Morgan fingerprint density at radius 3 is 2.18 bits per heavy atom. The van der Waals surface area contributed by atoms with Crippen LogP contribution in [0.5, 0.6) is 0 Å². The molecular weight excluding hydrogens is 274 g/mol. The van der Waals surface area contributed by atoms with Gasteiger partial charge in [-0.2, -0.15) is 0 Å². The van der Waals surface area contributed by atoms with E-state index in [-0.39, 0.29) is 29.7 Å². The number of rotatable bonds is 4. The summed E-state index contributed by atoms with van der Waals surface area (Å²) in [4.78, 5) is 24.6. The Labute approximate surface area is 134 Å². The third-order valence-corrected chi connectivity index (χ3v) is 6.73. The molecule has 1 N–H and O–H groups in total. The van der Waals surface area contributed by atoms with Crippen molar-refractivity contribution in [2.45, 2.75) is 77.7 Å². The van der Waals surface area contributed by atoms with Gasteiger partial charge in [-0.3, -0.25) is 9.59 Å². The Morgan fingerprint density at radius 2 is 1.59 bits per heavy atom. The van der Waals surface area contributed by atoms with Crippen LogP contribution in [-0.2, 0) is 9.59 Å². The van der Waals surface area contributed by atoms with E-state index in [9.17, 15) is 9.59 Å². The van der Waals surface area contributed by atoms with Crippen LogP contribution in [0, 0.1) is 29.6 Å². The standard InChI is InChI=1S/C19H31NO2/c1-12(14-6-4-3-5-7-14)13(2)20-19(22)17-10-15-8-9-16(11-17)18(15)21/h12-17H,3-11H2,1-2H3,(H,20,22)/t12-,13+,15-,16+,17?/m0/s1. The topological polar surface area (TPSA) is 46.2 Å². The molecule has 3 aliphatic rings. The highest BCUT2D eigenvalue weighted by Crippen LogP contribution is 2.42. The molecule has 0 heterocycles. The highest BCUT2D eigenvalue weighted by Gasteiger charge is 2.43.